The molecule has 2 nitrogen and oxygen atoms in total. The maximum Gasteiger partial charge on any atom is 0.0540 e. The Hall–Kier alpha value is -9.76. The number of para-hydroxylation sites is 2. The number of nitrogens with zero attached hydrogens (tertiary/aromatic N) is 2. The van der Waals surface area contributed by atoms with Gasteiger partial charge in [0, 0.05) is 39.3 Å². The van der Waals surface area contributed by atoms with Gasteiger partial charge in [-0.1, -0.05) is 226 Å². The predicted octanol–water partition coefficient (Wildman–Crippen LogP) is 21.5. The van der Waals surface area contributed by atoms with Crippen LogP contribution in [-0.2, 0) is 5.41 Å². The molecule has 368 valence electrons. The fourth-order valence-electron chi connectivity index (χ4n) is 13.2. The zero-order chi connectivity index (χ0) is 52.1. The lowest BCUT2D eigenvalue weighted by atomic mass is 9.67. The zero-order valence-corrected chi connectivity index (χ0v) is 43.9. The topological polar surface area (TPSA) is 6.48 Å². The van der Waals surface area contributed by atoms with Crippen molar-refractivity contribution in [1.29, 1.82) is 0 Å². The van der Waals surface area contributed by atoms with Gasteiger partial charge in [-0.15, -0.1) is 0 Å². The fourth-order valence-corrected chi connectivity index (χ4v) is 13.2. The summed E-state index contributed by atoms with van der Waals surface area (Å²) < 4.78 is 0. The first-order valence-electron chi connectivity index (χ1n) is 27.2. The molecule has 0 N–H and O–H groups in total. The average molecular weight is 995 g/mol. The maximum atomic E-state index is 2.49. The number of anilines is 6. The molecule has 14 aromatic carbocycles. The van der Waals surface area contributed by atoms with Crippen LogP contribution in [0.15, 0.2) is 273 Å². The van der Waals surface area contributed by atoms with Crippen LogP contribution in [0.4, 0.5) is 34.1 Å². The largest absolute Gasteiger partial charge is 0.310 e. The molecule has 14 aromatic rings. The zero-order valence-electron chi connectivity index (χ0n) is 43.9. The quantitative estimate of drug-likeness (QED) is 0.140. The smallest absolute Gasteiger partial charge is 0.0540 e. The minimum absolute atomic E-state index is 0.339. The van der Waals surface area contributed by atoms with Crippen LogP contribution < -0.4 is 9.80 Å². The van der Waals surface area contributed by atoms with Crippen molar-refractivity contribution in [3.63, 3.8) is 0 Å². The van der Waals surface area contributed by atoms with E-state index in [-0.39, 0.29) is 5.41 Å². The fraction of sp³-hybridized carbons (Fsp3) is 0.0526. The molecule has 0 amide bonds. The number of hydrogen-bond donors (Lipinski definition) is 0. The predicted molar refractivity (Wildman–Crippen MR) is 334 cm³/mol. The monoisotopic (exact) mass is 994 g/mol. The van der Waals surface area contributed by atoms with Gasteiger partial charge < -0.3 is 9.80 Å². The van der Waals surface area contributed by atoms with Crippen molar-refractivity contribution in [3.8, 4) is 33.4 Å². The molecule has 15 rings (SSSR count). The van der Waals surface area contributed by atoms with Crippen molar-refractivity contribution in [2.24, 2.45) is 0 Å². The minimum atomic E-state index is -0.339. The summed E-state index contributed by atoms with van der Waals surface area (Å²) in [5.41, 5.74) is 17.7. The van der Waals surface area contributed by atoms with E-state index in [0.29, 0.717) is 0 Å². The summed E-state index contributed by atoms with van der Waals surface area (Å²) in [6.07, 6.45) is 0. The van der Waals surface area contributed by atoms with E-state index in [1.807, 2.05) is 0 Å². The number of fused-ring (bicyclic) bond motifs is 10. The first-order valence-corrected chi connectivity index (χ1v) is 27.2. The number of hydrogen-bond acceptors (Lipinski definition) is 2. The summed E-state index contributed by atoms with van der Waals surface area (Å²) in [5.74, 6) is 0. The molecule has 0 spiro atoms. The van der Waals surface area contributed by atoms with Gasteiger partial charge in [-0.2, -0.15) is 0 Å². The standard InChI is InChI=1S/C76H54N2/c1-49-60-43-41-58(77(72-31-16-14-27-63(72)50-19-6-4-7-20-50)56-39-37-54-35-33-52-23-10-12-25-61(52)67(54)45-56)47-69(60)65-29-18-30-70-75(65)74(49)66-44-42-59(48-71(66)76(70,2)3)78(73-32-17-15-28-64(73)51-21-8-5-9-22-51)57-40-38-55-36-34-53-24-11-13-26-62(53)68(55)46-57/h4-48H,1-3H3. The van der Waals surface area contributed by atoms with Gasteiger partial charge in [0.2, 0.25) is 0 Å². The van der Waals surface area contributed by atoms with Gasteiger partial charge in [-0.3, -0.25) is 0 Å². The van der Waals surface area contributed by atoms with Gasteiger partial charge in [0.15, 0.2) is 0 Å². The summed E-state index contributed by atoms with van der Waals surface area (Å²) in [6.45, 7) is 7.21. The van der Waals surface area contributed by atoms with Crippen molar-refractivity contribution < 1.29 is 0 Å². The summed E-state index contributed by atoms with van der Waals surface area (Å²) in [5, 5.41) is 15.1. The van der Waals surface area contributed by atoms with E-state index >= 15 is 0 Å². The molecule has 0 saturated heterocycles. The van der Waals surface area contributed by atoms with Crippen LogP contribution >= 0.6 is 0 Å². The molecule has 2 heteroatoms. The molecule has 0 aromatic heterocycles. The van der Waals surface area contributed by atoms with Crippen molar-refractivity contribution in [1.82, 2.24) is 0 Å². The van der Waals surface area contributed by atoms with E-state index in [0.717, 1.165) is 34.1 Å². The third kappa shape index (κ3) is 7.17. The number of aryl methyl sites for hydroxylation is 1. The molecule has 0 radical (unpaired) electrons. The SMILES string of the molecule is Cc1c2c3c(cccc3c3cc(N(c4ccc5ccc6ccccc6c5c4)c4ccccc4-c4ccccc4)ccc13)C(C)(C)c1cc(N(c3ccc4ccc5ccccc5c4c3)c3ccccc3-c3ccccc3)ccc1-2. The van der Waals surface area contributed by atoms with Crippen LogP contribution in [0.3, 0.4) is 0 Å². The third-order valence-corrected chi connectivity index (χ3v) is 17.0. The van der Waals surface area contributed by atoms with Gasteiger partial charge >= 0.3 is 0 Å². The lowest BCUT2D eigenvalue weighted by Crippen LogP contribution is -2.25. The van der Waals surface area contributed by atoms with Gasteiger partial charge in [-0.05, 0) is 171 Å². The number of rotatable bonds is 8. The van der Waals surface area contributed by atoms with Crippen molar-refractivity contribution in [3.05, 3.63) is 290 Å². The van der Waals surface area contributed by atoms with E-state index in [4.69, 9.17) is 0 Å². The van der Waals surface area contributed by atoms with Crippen LogP contribution in [0.2, 0.25) is 0 Å². The van der Waals surface area contributed by atoms with Crippen LogP contribution in [0, 0.1) is 6.92 Å². The number of benzene rings is 14. The molecule has 0 fully saturated rings. The second kappa shape index (κ2) is 17.9. The molecule has 78 heavy (non-hydrogen) atoms. The maximum absolute atomic E-state index is 2.49. The first kappa shape index (κ1) is 45.6. The van der Waals surface area contributed by atoms with Gasteiger partial charge in [0.1, 0.15) is 0 Å². The summed E-state index contributed by atoms with van der Waals surface area (Å²) in [4.78, 5) is 4.97. The van der Waals surface area contributed by atoms with Crippen LogP contribution in [-0.4, -0.2) is 0 Å². The molecule has 0 aliphatic heterocycles. The normalized spacial score (nSPS) is 12.7. The summed E-state index contributed by atoms with van der Waals surface area (Å²) >= 11 is 0. The molecular weight excluding hydrogens is 941 g/mol. The highest BCUT2D eigenvalue weighted by molar-refractivity contribution is 6.20. The first-order chi connectivity index (χ1) is 38.4. The Balaban J connectivity index is 0.933. The van der Waals surface area contributed by atoms with Crippen LogP contribution in [0.5, 0.6) is 0 Å². The molecule has 0 bridgehead atoms. The summed E-state index contributed by atoms with van der Waals surface area (Å²) in [7, 11) is 0. The van der Waals surface area contributed by atoms with E-state index in [2.05, 4.69) is 304 Å². The molecule has 0 heterocycles. The van der Waals surface area contributed by atoms with Crippen molar-refractivity contribution in [2.75, 3.05) is 9.80 Å². The Labute approximate surface area is 455 Å². The molecule has 1 aliphatic rings. The van der Waals surface area contributed by atoms with Gasteiger partial charge in [-0.25, -0.2) is 0 Å². The Morgan fingerprint density at radius 2 is 0.705 bits per heavy atom. The average Bonchev–Trinajstić information content (AvgIpc) is 2.66. The second-order valence-electron chi connectivity index (χ2n) is 21.6. The highest BCUT2D eigenvalue weighted by Gasteiger charge is 2.36. The molecule has 1 aliphatic carbocycles. The Morgan fingerprint density at radius 3 is 1.27 bits per heavy atom. The van der Waals surface area contributed by atoms with Crippen molar-refractivity contribution >= 4 is 98.8 Å². The van der Waals surface area contributed by atoms with Crippen LogP contribution in [0.25, 0.3) is 98.0 Å². The minimum Gasteiger partial charge on any atom is -0.310 e. The van der Waals surface area contributed by atoms with Gasteiger partial charge in [0.05, 0.1) is 11.4 Å². The van der Waals surface area contributed by atoms with Crippen LogP contribution in [0.1, 0.15) is 30.5 Å². The molecule has 0 atom stereocenters. The second-order valence-corrected chi connectivity index (χ2v) is 21.6. The lowest BCUT2D eigenvalue weighted by Gasteiger charge is -2.38. The lowest BCUT2D eigenvalue weighted by molar-refractivity contribution is 0.645. The Morgan fingerprint density at radius 1 is 0.282 bits per heavy atom. The van der Waals surface area contributed by atoms with E-state index in [9.17, 15) is 0 Å². The highest BCUT2D eigenvalue weighted by Crippen LogP contribution is 2.55. The van der Waals surface area contributed by atoms with E-state index in [1.165, 1.54) is 115 Å². The molecule has 0 unspecified atom stereocenters. The third-order valence-electron chi connectivity index (χ3n) is 17.0. The Kier molecular flexibility index (Phi) is 10.5. The summed E-state index contributed by atoms with van der Waals surface area (Å²) in [6, 6.07) is 101. The van der Waals surface area contributed by atoms with E-state index in [1.54, 1.807) is 0 Å². The Bertz CT molecular complexity index is 4720. The highest BCUT2D eigenvalue weighted by atomic mass is 15.2. The molecular formula is C76H54N2. The molecule has 0 saturated carbocycles. The van der Waals surface area contributed by atoms with E-state index < -0.39 is 0 Å². The van der Waals surface area contributed by atoms with Crippen molar-refractivity contribution in [2.45, 2.75) is 26.2 Å². The van der Waals surface area contributed by atoms with Gasteiger partial charge in [0.25, 0.3) is 0 Å².